The van der Waals surface area contributed by atoms with Crippen molar-refractivity contribution >= 4 is 17.1 Å². The van der Waals surface area contributed by atoms with Gasteiger partial charge in [-0.25, -0.2) is 4.68 Å². The van der Waals surface area contributed by atoms with Crippen LogP contribution in [0.4, 0.5) is 0 Å². The number of nitrogens with zero attached hydrogens (tertiary/aromatic N) is 2. The molecule has 0 bridgehead atoms. The Morgan fingerprint density at radius 2 is 1.95 bits per heavy atom. The molecule has 0 N–H and O–H groups in total. The van der Waals surface area contributed by atoms with E-state index in [4.69, 9.17) is 0 Å². The highest BCUT2D eigenvalue weighted by atomic mass is 32.1. The van der Waals surface area contributed by atoms with Crippen molar-refractivity contribution in [3.8, 4) is 5.69 Å². The maximum absolute atomic E-state index is 12.3. The zero-order valence-electron chi connectivity index (χ0n) is 10.4. The third-order valence-corrected chi connectivity index (χ3v) is 3.78. The first-order valence-electron chi connectivity index (χ1n) is 5.95. The van der Waals surface area contributed by atoms with Gasteiger partial charge in [0.1, 0.15) is 0 Å². The third kappa shape index (κ3) is 2.22. The molecule has 0 amide bonds. The second kappa shape index (κ2) is 4.82. The Hall–Kier alpha value is -2.20. The monoisotopic (exact) mass is 268 g/mol. The molecule has 0 aliphatic rings. The lowest BCUT2D eigenvalue weighted by Crippen LogP contribution is -1.98. The van der Waals surface area contributed by atoms with Crippen LogP contribution in [0.25, 0.3) is 5.69 Å². The van der Waals surface area contributed by atoms with Crippen LogP contribution in [0.2, 0.25) is 0 Å². The van der Waals surface area contributed by atoms with Gasteiger partial charge in [-0.2, -0.15) is 5.10 Å². The first-order chi connectivity index (χ1) is 9.25. The molecule has 0 spiro atoms. The quantitative estimate of drug-likeness (QED) is 0.682. The van der Waals surface area contributed by atoms with Crippen molar-refractivity contribution in [3.63, 3.8) is 0 Å². The predicted molar refractivity (Wildman–Crippen MR) is 76.1 cm³/mol. The zero-order chi connectivity index (χ0) is 13.2. The van der Waals surface area contributed by atoms with Gasteiger partial charge in [0.25, 0.3) is 0 Å². The van der Waals surface area contributed by atoms with Gasteiger partial charge in [0.15, 0.2) is 0 Å². The number of rotatable bonds is 3. The van der Waals surface area contributed by atoms with Crippen LogP contribution < -0.4 is 0 Å². The summed E-state index contributed by atoms with van der Waals surface area (Å²) in [6.07, 6.45) is 1.80. The van der Waals surface area contributed by atoms with Crippen molar-refractivity contribution < 1.29 is 4.79 Å². The van der Waals surface area contributed by atoms with Crippen LogP contribution in [0.15, 0.2) is 54.0 Å². The van der Waals surface area contributed by atoms with Gasteiger partial charge >= 0.3 is 0 Å². The number of para-hydroxylation sites is 1. The van der Waals surface area contributed by atoms with E-state index in [1.807, 2.05) is 54.8 Å². The van der Waals surface area contributed by atoms with Crippen LogP contribution in [0.3, 0.4) is 0 Å². The summed E-state index contributed by atoms with van der Waals surface area (Å²) >= 11 is 1.45. The molecule has 94 valence electrons. The lowest BCUT2D eigenvalue weighted by molar-refractivity contribution is 0.104. The maximum atomic E-state index is 12.3. The second-order valence-electron chi connectivity index (χ2n) is 4.21. The van der Waals surface area contributed by atoms with Gasteiger partial charge in [-0.15, -0.1) is 11.3 Å². The molecule has 3 rings (SSSR count). The van der Waals surface area contributed by atoms with E-state index < -0.39 is 0 Å². The van der Waals surface area contributed by atoms with E-state index in [0.717, 1.165) is 16.3 Å². The van der Waals surface area contributed by atoms with E-state index in [-0.39, 0.29) is 5.78 Å². The molecular weight excluding hydrogens is 256 g/mol. The van der Waals surface area contributed by atoms with E-state index in [1.54, 1.807) is 10.9 Å². The number of carbonyl (C=O) groups excluding carboxylic acids is 1. The average molecular weight is 268 g/mol. The van der Waals surface area contributed by atoms with Crippen LogP contribution >= 0.6 is 11.3 Å². The number of aromatic nitrogens is 2. The normalized spacial score (nSPS) is 10.6. The van der Waals surface area contributed by atoms with Crippen molar-refractivity contribution in [2.45, 2.75) is 6.92 Å². The van der Waals surface area contributed by atoms with Crippen molar-refractivity contribution in [1.82, 2.24) is 9.78 Å². The molecule has 4 heteroatoms. The summed E-state index contributed by atoms with van der Waals surface area (Å²) in [7, 11) is 0. The van der Waals surface area contributed by atoms with Crippen molar-refractivity contribution in [2.24, 2.45) is 0 Å². The summed E-state index contributed by atoms with van der Waals surface area (Å²) in [6.45, 7) is 1.86. The summed E-state index contributed by atoms with van der Waals surface area (Å²) in [5.74, 6) is 0.0367. The molecule has 19 heavy (non-hydrogen) atoms. The number of ketones is 1. The molecule has 2 heterocycles. The molecule has 0 fully saturated rings. The zero-order valence-corrected chi connectivity index (χ0v) is 11.2. The molecular formula is C15H12N2OS. The molecule has 0 unspecified atom stereocenters. The minimum atomic E-state index is 0.0367. The van der Waals surface area contributed by atoms with Gasteiger partial charge in [-0.1, -0.05) is 24.3 Å². The van der Waals surface area contributed by atoms with Crippen LogP contribution in [0.5, 0.6) is 0 Å². The van der Waals surface area contributed by atoms with Crippen molar-refractivity contribution in [2.75, 3.05) is 0 Å². The highest BCUT2D eigenvalue weighted by Crippen LogP contribution is 2.18. The number of carbonyl (C=O) groups is 1. The van der Waals surface area contributed by atoms with Gasteiger partial charge < -0.3 is 0 Å². The Bertz CT molecular complexity index is 699. The minimum absolute atomic E-state index is 0.0367. The van der Waals surface area contributed by atoms with Gasteiger partial charge in [-0.05, 0) is 30.5 Å². The fraction of sp³-hybridized carbons (Fsp3) is 0.0667. The fourth-order valence-corrected chi connectivity index (χ4v) is 2.61. The van der Waals surface area contributed by atoms with Gasteiger partial charge in [0.05, 0.1) is 21.8 Å². The molecule has 3 nitrogen and oxygen atoms in total. The Labute approximate surface area is 115 Å². The van der Waals surface area contributed by atoms with Crippen LogP contribution in [0.1, 0.15) is 20.9 Å². The molecule has 2 aromatic heterocycles. The summed E-state index contributed by atoms with van der Waals surface area (Å²) in [5, 5.41) is 6.32. The van der Waals surface area contributed by atoms with E-state index in [0.29, 0.717) is 5.56 Å². The van der Waals surface area contributed by atoms with Gasteiger partial charge in [0, 0.05) is 6.20 Å². The number of hydrogen-bond donors (Lipinski definition) is 0. The lowest BCUT2D eigenvalue weighted by Gasteiger charge is -1.98. The number of hydrogen-bond acceptors (Lipinski definition) is 3. The molecule has 0 saturated heterocycles. The molecule has 3 aromatic rings. The van der Waals surface area contributed by atoms with Crippen molar-refractivity contribution in [3.05, 3.63) is 70.2 Å². The van der Waals surface area contributed by atoms with E-state index in [1.165, 1.54) is 11.3 Å². The summed E-state index contributed by atoms with van der Waals surface area (Å²) in [6, 6.07) is 13.5. The van der Waals surface area contributed by atoms with Crippen LogP contribution in [-0.2, 0) is 0 Å². The Kier molecular flexibility index (Phi) is 3.01. The van der Waals surface area contributed by atoms with Crippen LogP contribution in [0, 0.1) is 6.92 Å². The Morgan fingerprint density at radius 3 is 2.63 bits per heavy atom. The fourth-order valence-electron chi connectivity index (χ4n) is 1.94. The first kappa shape index (κ1) is 11.9. The molecule has 1 aromatic carbocycles. The summed E-state index contributed by atoms with van der Waals surface area (Å²) in [4.78, 5) is 13.1. The molecule has 0 aliphatic carbocycles. The lowest BCUT2D eigenvalue weighted by atomic mass is 10.1. The molecule has 0 atom stereocenters. The number of aryl methyl sites for hydroxylation is 1. The number of thiophene rings is 1. The predicted octanol–water partition coefficient (Wildman–Crippen LogP) is 3.47. The Balaban J connectivity index is 2.01. The second-order valence-corrected chi connectivity index (χ2v) is 5.16. The SMILES string of the molecule is Cc1nn(-c2ccccc2)cc1C(=O)c1cccs1. The standard InChI is InChI=1S/C15H12N2OS/c1-11-13(15(18)14-8-5-9-19-14)10-17(16-11)12-6-3-2-4-7-12/h2-10H,1H3. The summed E-state index contributed by atoms with van der Waals surface area (Å²) < 4.78 is 1.75. The highest BCUT2D eigenvalue weighted by Gasteiger charge is 2.16. The Morgan fingerprint density at radius 1 is 1.16 bits per heavy atom. The first-order valence-corrected chi connectivity index (χ1v) is 6.83. The van der Waals surface area contributed by atoms with Crippen LogP contribution in [-0.4, -0.2) is 15.6 Å². The molecule has 0 radical (unpaired) electrons. The van der Waals surface area contributed by atoms with Gasteiger partial charge in [0.2, 0.25) is 5.78 Å². The largest absolute Gasteiger partial charge is 0.288 e. The number of benzene rings is 1. The highest BCUT2D eigenvalue weighted by molar-refractivity contribution is 7.12. The molecule has 0 aliphatic heterocycles. The van der Waals surface area contributed by atoms with Gasteiger partial charge in [-0.3, -0.25) is 4.79 Å². The molecule has 0 saturated carbocycles. The average Bonchev–Trinajstić information content (AvgIpc) is 3.08. The third-order valence-electron chi connectivity index (χ3n) is 2.91. The topological polar surface area (TPSA) is 34.9 Å². The smallest absolute Gasteiger partial charge is 0.206 e. The van der Waals surface area contributed by atoms with E-state index in [2.05, 4.69) is 5.10 Å². The summed E-state index contributed by atoms with van der Waals surface area (Å²) in [5.41, 5.74) is 2.37. The van der Waals surface area contributed by atoms with Crippen molar-refractivity contribution in [1.29, 1.82) is 0 Å². The minimum Gasteiger partial charge on any atom is -0.288 e. The maximum Gasteiger partial charge on any atom is 0.206 e. The van der Waals surface area contributed by atoms with E-state index >= 15 is 0 Å². The van der Waals surface area contributed by atoms with E-state index in [9.17, 15) is 4.79 Å².